The molecule has 0 unspecified atom stereocenters. The van der Waals surface area contributed by atoms with E-state index in [4.69, 9.17) is 21.1 Å². The molecule has 0 heterocycles. The van der Waals surface area contributed by atoms with Gasteiger partial charge in [0.05, 0.1) is 25.3 Å². The van der Waals surface area contributed by atoms with Crippen molar-refractivity contribution < 1.29 is 23.9 Å². The molecule has 0 saturated heterocycles. The van der Waals surface area contributed by atoms with Gasteiger partial charge in [0.25, 0.3) is 5.91 Å². The topological polar surface area (TPSA) is 84.9 Å². The van der Waals surface area contributed by atoms with Crippen LogP contribution in [0.15, 0.2) is 18.2 Å². The maximum Gasteiger partial charge on any atom is 0.309 e. The molecule has 1 saturated carbocycles. The first kappa shape index (κ1) is 19.1. The fraction of sp³-hybridized carbons (Fsp3) is 0.471. The van der Waals surface area contributed by atoms with Gasteiger partial charge in [-0.1, -0.05) is 18.5 Å². The molecule has 7 nitrogen and oxygen atoms in total. The molecule has 2 rings (SSSR count). The number of methoxy groups -OCH3 is 1. The lowest BCUT2D eigenvalue weighted by Crippen LogP contribution is -2.37. The second kappa shape index (κ2) is 8.20. The number of esters is 1. The summed E-state index contributed by atoms with van der Waals surface area (Å²) in [6, 6.07) is 4.82. The van der Waals surface area contributed by atoms with Crippen LogP contribution in [0, 0.1) is 11.8 Å². The smallest absolute Gasteiger partial charge is 0.309 e. The molecule has 136 valence electrons. The number of nitrogens with one attached hydrogen (secondary N) is 1. The minimum absolute atomic E-state index is 0.100. The van der Waals surface area contributed by atoms with E-state index in [2.05, 4.69) is 5.32 Å². The maximum atomic E-state index is 12.1. The SMILES string of the molecule is COc1ccc(Cl)cc1NC(=O)CN(C)C(=O)COC(=O)[C@H]1C[C@H]1C. The zero-order chi connectivity index (χ0) is 18.6. The number of halogens is 1. The Hall–Kier alpha value is -2.28. The van der Waals surface area contributed by atoms with Gasteiger partial charge in [-0.3, -0.25) is 14.4 Å². The highest BCUT2D eigenvalue weighted by molar-refractivity contribution is 6.31. The number of hydrogen-bond donors (Lipinski definition) is 1. The van der Waals surface area contributed by atoms with Crippen molar-refractivity contribution in [1.82, 2.24) is 4.90 Å². The van der Waals surface area contributed by atoms with Crippen molar-refractivity contribution in [3.05, 3.63) is 23.2 Å². The van der Waals surface area contributed by atoms with Crippen LogP contribution in [0.3, 0.4) is 0 Å². The monoisotopic (exact) mass is 368 g/mol. The standard InChI is InChI=1S/C17H21ClN2O5/c1-10-6-12(10)17(23)25-9-16(22)20(2)8-15(21)19-13-7-11(18)4-5-14(13)24-3/h4-5,7,10,12H,6,8-9H2,1-3H3,(H,19,21)/t10-,12+/m1/s1. The summed E-state index contributed by atoms with van der Waals surface area (Å²) in [6.07, 6.45) is 0.798. The Morgan fingerprint density at radius 2 is 2.04 bits per heavy atom. The van der Waals surface area contributed by atoms with Gasteiger partial charge >= 0.3 is 5.97 Å². The van der Waals surface area contributed by atoms with Crippen LogP contribution < -0.4 is 10.1 Å². The number of nitrogens with zero attached hydrogens (tertiary/aromatic N) is 1. The van der Waals surface area contributed by atoms with Crippen LogP contribution in [-0.4, -0.2) is 50.0 Å². The van der Waals surface area contributed by atoms with Crippen LogP contribution in [-0.2, 0) is 19.1 Å². The molecule has 25 heavy (non-hydrogen) atoms. The van der Waals surface area contributed by atoms with Crippen LogP contribution in [0.5, 0.6) is 5.75 Å². The van der Waals surface area contributed by atoms with Crippen molar-refractivity contribution in [3.63, 3.8) is 0 Å². The first-order valence-electron chi connectivity index (χ1n) is 7.85. The van der Waals surface area contributed by atoms with E-state index >= 15 is 0 Å². The molecule has 1 aliphatic carbocycles. The first-order valence-corrected chi connectivity index (χ1v) is 8.23. The Balaban J connectivity index is 1.82. The van der Waals surface area contributed by atoms with Crippen LogP contribution in [0.2, 0.25) is 5.02 Å². The van der Waals surface area contributed by atoms with E-state index in [0.717, 1.165) is 6.42 Å². The van der Waals surface area contributed by atoms with Gasteiger partial charge in [0.15, 0.2) is 6.61 Å². The molecule has 0 spiro atoms. The van der Waals surface area contributed by atoms with Gasteiger partial charge < -0.3 is 19.7 Å². The summed E-state index contributed by atoms with van der Waals surface area (Å²) in [6.45, 7) is 1.40. The molecular formula is C17H21ClN2O5. The fourth-order valence-electron chi connectivity index (χ4n) is 2.27. The van der Waals surface area contributed by atoms with Crippen LogP contribution >= 0.6 is 11.6 Å². The van der Waals surface area contributed by atoms with E-state index in [1.54, 1.807) is 18.2 Å². The zero-order valence-electron chi connectivity index (χ0n) is 14.4. The molecule has 1 aromatic carbocycles. The van der Waals surface area contributed by atoms with Crippen LogP contribution in [0.1, 0.15) is 13.3 Å². The predicted octanol–water partition coefficient (Wildman–Crippen LogP) is 1.94. The van der Waals surface area contributed by atoms with Crippen molar-refractivity contribution in [2.75, 3.05) is 32.6 Å². The van der Waals surface area contributed by atoms with E-state index in [-0.39, 0.29) is 25.0 Å². The molecule has 0 radical (unpaired) electrons. The fourth-order valence-corrected chi connectivity index (χ4v) is 2.44. The van der Waals surface area contributed by atoms with E-state index in [0.29, 0.717) is 22.4 Å². The van der Waals surface area contributed by atoms with E-state index < -0.39 is 11.8 Å². The molecule has 0 bridgehead atoms. The molecule has 8 heteroatoms. The Kier molecular flexibility index (Phi) is 6.25. The second-order valence-corrected chi connectivity index (χ2v) is 6.51. The van der Waals surface area contributed by atoms with E-state index in [9.17, 15) is 14.4 Å². The van der Waals surface area contributed by atoms with Crippen molar-refractivity contribution in [2.45, 2.75) is 13.3 Å². The number of anilines is 1. The van der Waals surface area contributed by atoms with Gasteiger partial charge in [0, 0.05) is 12.1 Å². The third-order valence-corrected chi connectivity index (χ3v) is 4.23. The number of benzene rings is 1. The van der Waals surface area contributed by atoms with Crippen molar-refractivity contribution >= 4 is 35.1 Å². The third-order valence-electron chi connectivity index (χ3n) is 3.99. The number of likely N-dealkylation sites (N-methyl/N-ethyl adjacent to an activating group) is 1. The average molecular weight is 369 g/mol. The highest BCUT2D eigenvalue weighted by atomic mass is 35.5. The molecule has 0 aromatic heterocycles. The van der Waals surface area contributed by atoms with Crippen LogP contribution in [0.25, 0.3) is 0 Å². The lowest BCUT2D eigenvalue weighted by molar-refractivity contribution is -0.153. The van der Waals surface area contributed by atoms with Crippen molar-refractivity contribution in [2.24, 2.45) is 11.8 Å². The number of rotatable bonds is 7. The average Bonchev–Trinajstić information content (AvgIpc) is 3.29. The lowest BCUT2D eigenvalue weighted by atomic mass is 10.3. The van der Waals surface area contributed by atoms with Gasteiger partial charge in [0.1, 0.15) is 5.75 Å². The summed E-state index contributed by atoms with van der Waals surface area (Å²) < 4.78 is 10.1. The number of ether oxygens (including phenoxy) is 2. The van der Waals surface area contributed by atoms with Crippen molar-refractivity contribution in [3.8, 4) is 5.75 Å². The summed E-state index contributed by atoms with van der Waals surface area (Å²) in [5, 5.41) is 3.08. The van der Waals surface area contributed by atoms with E-state index in [1.165, 1.54) is 19.1 Å². The molecule has 1 aliphatic rings. The largest absolute Gasteiger partial charge is 0.495 e. The quantitative estimate of drug-likeness (QED) is 0.743. The summed E-state index contributed by atoms with van der Waals surface area (Å²) >= 11 is 5.91. The van der Waals surface area contributed by atoms with Gasteiger partial charge in [-0.2, -0.15) is 0 Å². The Bertz CT molecular complexity index is 679. The molecular weight excluding hydrogens is 348 g/mol. The molecule has 1 aromatic rings. The molecule has 1 N–H and O–H groups in total. The highest BCUT2D eigenvalue weighted by Crippen LogP contribution is 2.38. The van der Waals surface area contributed by atoms with Gasteiger partial charge in [-0.05, 0) is 30.5 Å². The third kappa shape index (κ3) is 5.35. The molecule has 0 aliphatic heterocycles. The van der Waals surface area contributed by atoms with Crippen molar-refractivity contribution in [1.29, 1.82) is 0 Å². The zero-order valence-corrected chi connectivity index (χ0v) is 15.1. The Labute approximate surface area is 151 Å². The number of amides is 2. The minimum Gasteiger partial charge on any atom is -0.495 e. The predicted molar refractivity (Wildman–Crippen MR) is 92.5 cm³/mol. The Morgan fingerprint density at radius 1 is 1.36 bits per heavy atom. The summed E-state index contributed by atoms with van der Waals surface area (Å²) in [5.41, 5.74) is 0.412. The summed E-state index contributed by atoms with van der Waals surface area (Å²) in [5.74, 6) is -0.550. The number of hydrogen-bond acceptors (Lipinski definition) is 5. The second-order valence-electron chi connectivity index (χ2n) is 6.07. The summed E-state index contributed by atoms with van der Waals surface area (Å²) in [4.78, 5) is 36.9. The van der Waals surface area contributed by atoms with Gasteiger partial charge in [-0.25, -0.2) is 0 Å². The molecule has 2 amide bonds. The van der Waals surface area contributed by atoms with Gasteiger partial charge in [0.2, 0.25) is 5.91 Å². The lowest BCUT2D eigenvalue weighted by Gasteiger charge is -2.17. The summed E-state index contributed by atoms with van der Waals surface area (Å²) in [7, 11) is 2.94. The minimum atomic E-state index is -0.449. The highest BCUT2D eigenvalue weighted by Gasteiger charge is 2.40. The number of carbonyl (C=O) groups excluding carboxylic acids is 3. The molecule has 1 fully saturated rings. The maximum absolute atomic E-state index is 12.1. The number of carbonyl (C=O) groups is 3. The Morgan fingerprint density at radius 3 is 2.64 bits per heavy atom. The van der Waals surface area contributed by atoms with E-state index in [1.807, 2.05) is 6.92 Å². The molecule has 2 atom stereocenters. The van der Waals surface area contributed by atoms with Gasteiger partial charge in [-0.15, -0.1) is 0 Å². The van der Waals surface area contributed by atoms with Crippen LogP contribution in [0.4, 0.5) is 5.69 Å². The first-order chi connectivity index (χ1) is 11.8. The normalized spacial score (nSPS) is 18.2.